The van der Waals surface area contributed by atoms with Crippen molar-refractivity contribution in [1.29, 1.82) is 0 Å². The number of ether oxygens (including phenoxy) is 1. The first-order valence-corrected chi connectivity index (χ1v) is 11.6. The fraction of sp³-hybridized carbons (Fsp3) is 0.143. The van der Waals surface area contributed by atoms with Gasteiger partial charge in [-0.3, -0.25) is 4.79 Å². The van der Waals surface area contributed by atoms with Gasteiger partial charge in [-0.25, -0.2) is 4.39 Å². The molecular weight excluding hydrogens is 467 g/mol. The molecule has 35 heavy (non-hydrogen) atoms. The number of fused-ring (bicyclic) bond motifs is 1. The van der Waals surface area contributed by atoms with Crippen LogP contribution in [0.25, 0.3) is 17.4 Å². The monoisotopic (exact) mass is 488 g/mol. The molecule has 176 valence electrons. The summed E-state index contributed by atoms with van der Waals surface area (Å²) in [5.74, 6) is 0.886. The molecule has 5 rings (SSSR count). The number of carbonyl (C=O) groups excluding carboxylic acids is 1. The van der Waals surface area contributed by atoms with Crippen molar-refractivity contribution >= 4 is 23.6 Å². The Morgan fingerprint density at radius 1 is 1.09 bits per heavy atom. The Labute approximate surface area is 207 Å². The van der Waals surface area contributed by atoms with E-state index in [0.29, 0.717) is 36.9 Å². The Morgan fingerprint density at radius 2 is 1.86 bits per heavy atom. The number of nitrogens with zero attached hydrogens (tertiary/aromatic N) is 2. The zero-order valence-corrected chi connectivity index (χ0v) is 19.5. The maximum Gasteiger partial charge on any atom is 0.246 e. The van der Waals surface area contributed by atoms with E-state index >= 15 is 0 Å². The summed E-state index contributed by atoms with van der Waals surface area (Å²) in [6.07, 6.45) is 3.96. The highest BCUT2D eigenvalue weighted by Gasteiger charge is 2.26. The number of aromatic nitrogens is 1. The van der Waals surface area contributed by atoms with Gasteiger partial charge >= 0.3 is 0 Å². The van der Waals surface area contributed by atoms with Crippen LogP contribution in [-0.4, -0.2) is 22.5 Å². The number of halogens is 2. The minimum atomic E-state index is -0.315. The van der Waals surface area contributed by atoms with Crippen molar-refractivity contribution in [1.82, 2.24) is 10.1 Å². The normalized spacial score (nSPS) is 13.1. The third kappa shape index (κ3) is 5.28. The van der Waals surface area contributed by atoms with Gasteiger partial charge in [0.25, 0.3) is 0 Å². The predicted octanol–water partition coefficient (Wildman–Crippen LogP) is 6.31. The van der Waals surface area contributed by atoms with E-state index in [0.717, 1.165) is 33.7 Å². The average Bonchev–Trinajstić information content (AvgIpc) is 3.31. The van der Waals surface area contributed by atoms with Gasteiger partial charge in [0.1, 0.15) is 18.2 Å². The van der Waals surface area contributed by atoms with Gasteiger partial charge < -0.3 is 14.2 Å². The highest BCUT2D eigenvalue weighted by molar-refractivity contribution is 6.31. The van der Waals surface area contributed by atoms with E-state index in [1.54, 1.807) is 29.2 Å². The molecular formula is C28H22ClFN2O3. The van der Waals surface area contributed by atoms with Crippen LogP contribution < -0.4 is 4.74 Å². The summed E-state index contributed by atoms with van der Waals surface area (Å²) >= 11 is 6.17. The van der Waals surface area contributed by atoms with Crippen LogP contribution in [0, 0.1) is 5.82 Å². The Balaban J connectivity index is 1.21. The molecule has 2 heterocycles. The number of rotatable bonds is 6. The smallest absolute Gasteiger partial charge is 0.246 e. The van der Waals surface area contributed by atoms with Crippen molar-refractivity contribution in [2.24, 2.45) is 0 Å². The number of hydrogen-bond donors (Lipinski definition) is 0. The lowest BCUT2D eigenvalue weighted by atomic mass is 10.0. The molecule has 5 nitrogen and oxygen atoms in total. The first kappa shape index (κ1) is 22.9. The van der Waals surface area contributed by atoms with E-state index in [1.165, 1.54) is 12.1 Å². The zero-order chi connectivity index (χ0) is 24.2. The van der Waals surface area contributed by atoms with Gasteiger partial charge in [0.2, 0.25) is 5.91 Å². The van der Waals surface area contributed by atoms with Gasteiger partial charge in [-0.05, 0) is 54.1 Å². The minimum absolute atomic E-state index is 0.0963. The van der Waals surface area contributed by atoms with Gasteiger partial charge in [-0.2, -0.15) is 0 Å². The summed E-state index contributed by atoms with van der Waals surface area (Å²) in [6.45, 7) is 1.33. The van der Waals surface area contributed by atoms with Crippen molar-refractivity contribution < 1.29 is 18.4 Å². The number of carbonyl (C=O) groups is 1. The van der Waals surface area contributed by atoms with Crippen LogP contribution in [0.15, 0.2) is 83.4 Å². The van der Waals surface area contributed by atoms with Gasteiger partial charge in [0.05, 0.1) is 12.2 Å². The lowest BCUT2D eigenvalue weighted by Gasteiger charge is -2.25. The van der Waals surface area contributed by atoms with Gasteiger partial charge in [0.15, 0.2) is 5.76 Å². The third-order valence-corrected chi connectivity index (χ3v) is 6.27. The highest BCUT2D eigenvalue weighted by Crippen LogP contribution is 2.30. The maximum absolute atomic E-state index is 13.3. The van der Waals surface area contributed by atoms with Crippen LogP contribution >= 0.6 is 11.6 Å². The average molecular weight is 489 g/mol. The van der Waals surface area contributed by atoms with Crippen LogP contribution in [0.3, 0.4) is 0 Å². The van der Waals surface area contributed by atoms with Crippen molar-refractivity contribution in [3.8, 4) is 17.1 Å². The molecule has 0 aliphatic carbocycles. The summed E-state index contributed by atoms with van der Waals surface area (Å²) in [4.78, 5) is 14.6. The van der Waals surface area contributed by atoms with E-state index in [2.05, 4.69) is 5.16 Å². The van der Waals surface area contributed by atoms with Gasteiger partial charge in [0, 0.05) is 40.8 Å². The third-order valence-electron chi connectivity index (χ3n) is 5.91. The molecule has 1 amide bonds. The Kier molecular flexibility index (Phi) is 6.64. The van der Waals surface area contributed by atoms with Crippen LogP contribution in [0.2, 0.25) is 5.02 Å². The first-order chi connectivity index (χ1) is 17.1. The topological polar surface area (TPSA) is 55.6 Å². The molecule has 0 fully saturated rings. The first-order valence-electron chi connectivity index (χ1n) is 11.2. The largest absolute Gasteiger partial charge is 0.489 e. The number of amides is 1. The summed E-state index contributed by atoms with van der Waals surface area (Å²) in [5, 5.41) is 4.82. The summed E-state index contributed by atoms with van der Waals surface area (Å²) in [5.41, 5.74) is 4.25. The molecule has 0 saturated heterocycles. The predicted molar refractivity (Wildman–Crippen MR) is 132 cm³/mol. The molecule has 1 aliphatic heterocycles. The lowest BCUT2D eigenvalue weighted by molar-refractivity contribution is -0.126. The second kappa shape index (κ2) is 10.2. The van der Waals surface area contributed by atoms with Crippen molar-refractivity contribution in [3.05, 3.63) is 112 Å². The second-order valence-corrected chi connectivity index (χ2v) is 8.64. The molecule has 0 radical (unpaired) electrons. The molecule has 0 atom stereocenters. The van der Waals surface area contributed by atoms with Crippen LogP contribution in [0.1, 0.15) is 22.4 Å². The molecule has 4 aromatic rings. The molecule has 0 saturated carbocycles. The SMILES string of the molecule is O=C(/C=C/c1ccc(OCc2ccccc2Cl)cc1)N1CCc2noc(-c3ccc(F)cc3)c2C1. The maximum atomic E-state index is 13.3. The molecule has 0 unspecified atom stereocenters. The molecule has 1 aliphatic rings. The molecule has 0 bridgehead atoms. The summed E-state index contributed by atoms with van der Waals surface area (Å²) < 4.78 is 24.6. The molecule has 0 N–H and O–H groups in total. The van der Waals surface area contributed by atoms with Crippen LogP contribution in [0.5, 0.6) is 5.75 Å². The van der Waals surface area contributed by atoms with E-state index in [-0.39, 0.29) is 11.7 Å². The molecule has 0 spiro atoms. The van der Waals surface area contributed by atoms with Crippen LogP contribution in [-0.2, 0) is 24.4 Å². The van der Waals surface area contributed by atoms with Crippen molar-refractivity contribution in [2.75, 3.05) is 6.54 Å². The van der Waals surface area contributed by atoms with Crippen molar-refractivity contribution in [3.63, 3.8) is 0 Å². The van der Waals surface area contributed by atoms with Crippen LogP contribution in [0.4, 0.5) is 4.39 Å². The molecule has 3 aromatic carbocycles. The van der Waals surface area contributed by atoms with E-state index < -0.39 is 0 Å². The van der Waals surface area contributed by atoms with Crippen molar-refractivity contribution in [2.45, 2.75) is 19.6 Å². The Morgan fingerprint density at radius 3 is 2.63 bits per heavy atom. The second-order valence-electron chi connectivity index (χ2n) is 8.24. The van der Waals surface area contributed by atoms with Gasteiger partial charge in [-0.15, -0.1) is 0 Å². The molecule has 7 heteroatoms. The van der Waals surface area contributed by atoms with Gasteiger partial charge in [-0.1, -0.05) is 47.1 Å². The minimum Gasteiger partial charge on any atom is -0.489 e. The van der Waals surface area contributed by atoms with E-state index in [4.69, 9.17) is 20.9 Å². The quantitative estimate of drug-likeness (QED) is 0.298. The lowest BCUT2D eigenvalue weighted by Crippen LogP contribution is -2.34. The highest BCUT2D eigenvalue weighted by atomic mass is 35.5. The summed E-state index contributed by atoms with van der Waals surface area (Å²) in [6, 6.07) is 21.1. The zero-order valence-electron chi connectivity index (χ0n) is 18.8. The van der Waals surface area contributed by atoms with E-state index in [1.807, 2.05) is 48.5 Å². The fourth-order valence-electron chi connectivity index (χ4n) is 3.95. The number of hydrogen-bond acceptors (Lipinski definition) is 4. The number of benzene rings is 3. The summed E-state index contributed by atoms with van der Waals surface area (Å²) in [7, 11) is 0. The molecule has 1 aromatic heterocycles. The van der Waals surface area contributed by atoms with E-state index in [9.17, 15) is 9.18 Å². The fourth-order valence-corrected chi connectivity index (χ4v) is 4.14. The Bertz CT molecular complexity index is 1360. The standard InChI is InChI=1S/C28H22ClFN2O3/c29-25-4-2-1-3-21(25)18-34-23-12-5-19(6-13-23)7-14-27(33)32-16-15-26-24(17-32)28(35-31-26)20-8-10-22(30)11-9-20/h1-14H,15-18H2/b14-7+. The Hall–Kier alpha value is -3.90.